The van der Waals surface area contributed by atoms with E-state index >= 15 is 0 Å². The highest BCUT2D eigenvalue weighted by Crippen LogP contribution is 2.18. The van der Waals surface area contributed by atoms with Crippen molar-refractivity contribution >= 4 is 17.7 Å². The molecule has 0 atom stereocenters. The van der Waals surface area contributed by atoms with Crippen LogP contribution >= 0.6 is 0 Å². The lowest BCUT2D eigenvalue weighted by Crippen LogP contribution is -2.42. The molecule has 5 heteroatoms. The Kier molecular flexibility index (Phi) is 4.26. The van der Waals surface area contributed by atoms with E-state index in [1.54, 1.807) is 29.2 Å². The fraction of sp³-hybridized carbons (Fsp3) is 0.333. The number of aliphatic carboxylic acids is 1. The summed E-state index contributed by atoms with van der Waals surface area (Å²) in [6.07, 6.45) is 6.29. The van der Waals surface area contributed by atoms with Crippen LogP contribution in [0.3, 0.4) is 0 Å². The van der Waals surface area contributed by atoms with Gasteiger partial charge in [0.1, 0.15) is 0 Å². The lowest BCUT2D eigenvalue weighted by Gasteiger charge is -2.30. The zero-order valence-corrected chi connectivity index (χ0v) is 11.0. The van der Waals surface area contributed by atoms with Crippen molar-refractivity contribution in [2.45, 2.75) is 12.8 Å². The molecule has 0 aliphatic carbocycles. The van der Waals surface area contributed by atoms with Gasteiger partial charge in [-0.1, -0.05) is 12.0 Å². The van der Waals surface area contributed by atoms with Crippen molar-refractivity contribution in [3.05, 3.63) is 29.8 Å². The number of carbonyl (C=O) groups excluding carboxylic acids is 1. The standard InChI is InChI=1S/C15H16N2O3/c1-2-11-4-3-5-13(10-11)16-15(20)17-8-6-12(7-9-17)14(18)19/h1,3-5,10,12H,6-9H2,(H,16,20)(H,18,19). The third-order valence-corrected chi connectivity index (χ3v) is 3.41. The molecule has 1 fully saturated rings. The smallest absolute Gasteiger partial charge is 0.321 e. The van der Waals surface area contributed by atoms with Crippen molar-refractivity contribution < 1.29 is 14.7 Å². The van der Waals surface area contributed by atoms with Crippen LogP contribution in [0.25, 0.3) is 0 Å². The second-order valence-corrected chi connectivity index (χ2v) is 4.75. The number of nitrogens with one attached hydrogen (secondary N) is 1. The van der Waals surface area contributed by atoms with Gasteiger partial charge in [0.15, 0.2) is 0 Å². The molecular weight excluding hydrogens is 256 g/mol. The first-order valence-corrected chi connectivity index (χ1v) is 6.45. The van der Waals surface area contributed by atoms with E-state index in [9.17, 15) is 9.59 Å². The average molecular weight is 272 g/mol. The Balaban J connectivity index is 1.93. The Hall–Kier alpha value is -2.48. The lowest BCUT2D eigenvalue weighted by atomic mass is 9.97. The molecule has 1 heterocycles. The third kappa shape index (κ3) is 3.29. The Morgan fingerprint density at radius 2 is 2.05 bits per heavy atom. The number of carboxylic acid groups (broad SMARTS) is 1. The summed E-state index contributed by atoms with van der Waals surface area (Å²) in [5.41, 5.74) is 1.35. The number of carboxylic acids is 1. The van der Waals surface area contributed by atoms with Crippen LogP contribution in [0, 0.1) is 18.3 Å². The molecule has 2 amide bonds. The van der Waals surface area contributed by atoms with Gasteiger partial charge >= 0.3 is 12.0 Å². The van der Waals surface area contributed by atoms with Crippen molar-refractivity contribution in [2.75, 3.05) is 18.4 Å². The Morgan fingerprint density at radius 3 is 2.65 bits per heavy atom. The number of carbonyl (C=O) groups is 2. The molecule has 1 aliphatic rings. The highest BCUT2D eigenvalue weighted by atomic mass is 16.4. The maximum atomic E-state index is 12.1. The van der Waals surface area contributed by atoms with Crippen LogP contribution < -0.4 is 5.32 Å². The predicted molar refractivity (Wildman–Crippen MR) is 75.3 cm³/mol. The second kappa shape index (κ2) is 6.11. The number of amides is 2. The molecule has 2 N–H and O–H groups in total. The number of piperidine rings is 1. The van der Waals surface area contributed by atoms with Crippen LogP contribution in [-0.2, 0) is 4.79 Å². The number of urea groups is 1. The van der Waals surface area contributed by atoms with Crippen molar-refractivity contribution in [3.63, 3.8) is 0 Å². The first kappa shape index (κ1) is 13.9. The molecule has 0 aromatic heterocycles. The van der Waals surface area contributed by atoms with Crippen LogP contribution in [0.5, 0.6) is 0 Å². The van der Waals surface area contributed by atoms with E-state index in [1.165, 1.54) is 0 Å². The van der Waals surface area contributed by atoms with Gasteiger partial charge in [0.25, 0.3) is 0 Å². The topological polar surface area (TPSA) is 69.6 Å². The van der Waals surface area contributed by atoms with E-state index in [1.807, 2.05) is 0 Å². The van der Waals surface area contributed by atoms with Crippen molar-refractivity contribution in [1.82, 2.24) is 4.90 Å². The Morgan fingerprint density at radius 1 is 1.35 bits per heavy atom. The van der Waals surface area contributed by atoms with Gasteiger partial charge in [-0.2, -0.15) is 0 Å². The van der Waals surface area contributed by atoms with E-state index in [-0.39, 0.29) is 11.9 Å². The van der Waals surface area contributed by atoms with Crippen LogP contribution in [0.4, 0.5) is 10.5 Å². The summed E-state index contributed by atoms with van der Waals surface area (Å²) in [4.78, 5) is 24.5. The summed E-state index contributed by atoms with van der Waals surface area (Å²) in [6, 6.07) is 6.84. The van der Waals surface area contributed by atoms with Crippen LogP contribution in [0.2, 0.25) is 0 Å². The second-order valence-electron chi connectivity index (χ2n) is 4.75. The zero-order chi connectivity index (χ0) is 14.5. The first-order valence-electron chi connectivity index (χ1n) is 6.45. The monoisotopic (exact) mass is 272 g/mol. The average Bonchev–Trinajstić information content (AvgIpc) is 2.47. The number of benzene rings is 1. The van der Waals surface area contributed by atoms with Gasteiger partial charge in [-0.25, -0.2) is 4.79 Å². The molecule has 1 aromatic rings. The predicted octanol–water partition coefficient (Wildman–Crippen LogP) is 2.00. The van der Waals surface area contributed by atoms with Crippen molar-refractivity contribution in [1.29, 1.82) is 0 Å². The fourth-order valence-electron chi connectivity index (χ4n) is 2.22. The first-order chi connectivity index (χ1) is 9.60. The molecule has 1 aromatic carbocycles. The third-order valence-electron chi connectivity index (χ3n) is 3.41. The van der Waals surface area contributed by atoms with Gasteiger partial charge in [-0.05, 0) is 31.0 Å². The molecule has 1 saturated heterocycles. The summed E-state index contributed by atoms with van der Waals surface area (Å²) >= 11 is 0. The van der Waals surface area contributed by atoms with Gasteiger partial charge in [-0.3, -0.25) is 4.79 Å². The van der Waals surface area contributed by atoms with Gasteiger partial charge < -0.3 is 15.3 Å². The van der Waals surface area contributed by atoms with Crippen LogP contribution in [0.1, 0.15) is 18.4 Å². The van der Waals surface area contributed by atoms with E-state index in [0.717, 1.165) is 0 Å². The summed E-state index contributed by atoms with van der Waals surface area (Å²) in [5.74, 6) is 1.38. The van der Waals surface area contributed by atoms with E-state index < -0.39 is 5.97 Å². The van der Waals surface area contributed by atoms with Gasteiger partial charge in [0.05, 0.1) is 5.92 Å². The Labute approximate surface area is 117 Å². The highest BCUT2D eigenvalue weighted by Gasteiger charge is 2.26. The lowest BCUT2D eigenvalue weighted by molar-refractivity contribution is -0.143. The minimum Gasteiger partial charge on any atom is -0.481 e. The summed E-state index contributed by atoms with van der Waals surface area (Å²) in [6.45, 7) is 0.912. The van der Waals surface area contributed by atoms with E-state index in [2.05, 4.69) is 11.2 Å². The number of nitrogens with zero attached hydrogens (tertiary/aromatic N) is 1. The molecule has 2 rings (SSSR count). The normalized spacial score (nSPS) is 15.4. The zero-order valence-electron chi connectivity index (χ0n) is 11.0. The van der Waals surface area contributed by atoms with Crippen molar-refractivity contribution in [2.24, 2.45) is 5.92 Å². The largest absolute Gasteiger partial charge is 0.481 e. The molecule has 0 bridgehead atoms. The Bertz CT molecular complexity index is 554. The van der Waals surface area contributed by atoms with Gasteiger partial charge in [-0.15, -0.1) is 6.42 Å². The van der Waals surface area contributed by atoms with E-state index in [0.29, 0.717) is 37.2 Å². The summed E-state index contributed by atoms with van der Waals surface area (Å²) < 4.78 is 0. The number of terminal acetylenes is 1. The van der Waals surface area contributed by atoms with Crippen LogP contribution in [0.15, 0.2) is 24.3 Å². The summed E-state index contributed by atoms with van der Waals surface area (Å²) in [5, 5.41) is 11.7. The number of rotatable bonds is 2. The molecule has 0 radical (unpaired) electrons. The van der Waals surface area contributed by atoms with Crippen LogP contribution in [-0.4, -0.2) is 35.1 Å². The fourth-order valence-corrected chi connectivity index (χ4v) is 2.22. The minimum atomic E-state index is -0.785. The number of likely N-dealkylation sites (tertiary alicyclic amines) is 1. The van der Waals surface area contributed by atoms with E-state index in [4.69, 9.17) is 11.5 Å². The summed E-state index contributed by atoms with van der Waals surface area (Å²) in [7, 11) is 0. The molecule has 1 aliphatic heterocycles. The maximum Gasteiger partial charge on any atom is 0.321 e. The molecule has 20 heavy (non-hydrogen) atoms. The molecule has 104 valence electrons. The molecular formula is C15H16N2O3. The molecule has 0 saturated carbocycles. The number of hydrogen-bond donors (Lipinski definition) is 2. The SMILES string of the molecule is C#Cc1cccc(NC(=O)N2CCC(C(=O)O)CC2)c1. The number of hydrogen-bond acceptors (Lipinski definition) is 2. The van der Waals surface area contributed by atoms with Gasteiger partial charge in [0, 0.05) is 24.3 Å². The highest BCUT2D eigenvalue weighted by molar-refractivity contribution is 5.89. The van der Waals surface area contributed by atoms with Gasteiger partial charge in [0.2, 0.25) is 0 Å². The molecule has 0 unspecified atom stereocenters. The molecule has 0 spiro atoms. The molecule has 5 nitrogen and oxygen atoms in total. The number of anilines is 1. The maximum absolute atomic E-state index is 12.1. The minimum absolute atomic E-state index is 0.219. The quantitative estimate of drug-likeness (QED) is 0.809. The van der Waals surface area contributed by atoms with Crippen molar-refractivity contribution in [3.8, 4) is 12.3 Å².